The van der Waals surface area contributed by atoms with Crippen molar-refractivity contribution in [2.75, 3.05) is 7.11 Å². The SMILES string of the molecule is COc1cc(/C=C/c2cccc[n+]2Cc2cccc(C(=O)O)c2)ccc1O. The van der Waals surface area contributed by atoms with Crippen molar-refractivity contribution in [1.82, 2.24) is 0 Å². The van der Waals surface area contributed by atoms with Gasteiger partial charge in [0, 0.05) is 23.8 Å². The van der Waals surface area contributed by atoms with E-state index in [1.165, 1.54) is 7.11 Å². The second-order valence-electron chi connectivity index (χ2n) is 6.02. The fourth-order valence-corrected chi connectivity index (χ4v) is 2.76. The minimum atomic E-state index is -0.934. The quantitative estimate of drug-likeness (QED) is 0.657. The van der Waals surface area contributed by atoms with Gasteiger partial charge in [0.05, 0.1) is 12.7 Å². The molecule has 0 aliphatic carbocycles. The summed E-state index contributed by atoms with van der Waals surface area (Å²) in [7, 11) is 1.51. The summed E-state index contributed by atoms with van der Waals surface area (Å²) in [5, 5.41) is 18.9. The van der Waals surface area contributed by atoms with E-state index >= 15 is 0 Å². The third kappa shape index (κ3) is 4.52. The van der Waals surface area contributed by atoms with Crippen molar-refractivity contribution in [3.05, 3.63) is 89.2 Å². The number of methoxy groups -OCH3 is 1. The molecule has 3 aromatic rings. The van der Waals surface area contributed by atoms with Crippen LogP contribution in [0.5, 0.6) is 11.5 Å². The fourth-order valence-electron chi connectivity index (χ4n) is 2.76. The minimum Gasteiger partial charge on any atom is -0.504 e. The van der Waals surface area contributed by atoms with Gasteiger partial charge in [-0.2, -0.15) is 4.57 Å². The van der Waals surface area contributed by atoms with Gasteiger partial charge in [-0.3, -0.25) is 0 Å². The molecule has 0 aliphatic heterocycles. The van der Waals surface area contributed by atoms with Crippen molar-refractivity contribution >= 4 is 18.1 Å². The minimum absolute atomic E-state index is 0.0998. The Labute approximate surface area is 157 Å². The Hall–Kier alpha value is -3.60. The van der Waals surface area contributed by atoms with Crippen molar-refractivity contribution in [1.29, 1.82) is 0 Å². The number of benzene rings is 2. The van der Waals surface area contributed by atoms with E-state index in [9.17, 15) is 9.90 Å². The molecule has 0 amide bonds. The lowest BCUT2D eigenvalue weighted by Gasteiger charge is -2.04. The third-order valence-electron chi connectivity index (χ3n) is 4.15. The highest BCUT2D eigenvalue weighted by Crippen LogP contribution is 2.26. The number of carboxylic acid groups (broad SMARTS) is 1. The highest BCUT2D eigenvalue weighted by atomic mass is 16.5. The molecule has 0 spiro atoms. The zero-order valence-corrected chi connectivity index (χ0v) is 14.9. The van der Waals surface area contributed by atoms with E-state index in [2.05, 4.69) is 0 Å². The van der Waals surface area contributed by atoms with Gasteiger partial charge in [0.2, 0.25) is 5.69 Å². The standard InChI is InChI=1S/C22H19NO4/c1-27-21-14-16(9-11-20(21)24)8-10-19-7-2-3-12-23(19)15-17-5-4-6-18(13-17)22(25)26/h2-14H,15H2,1H3,(H,25,26)/p+1. The average Bonchev–Trinajstić information content (AvgIpc) is 2.68. The first-order chi connectivity index (χ1) is 13.1. The molecule has 5 nitrogen and oxygen atoms in total. The first-order valence-corrected chi connectivity index (χ1v) is 8.42. The van der Waals surface area contributed by atoms with E-state index in [0.717, 1.165) is 16.8 Å². The Kier molecular flexibility index (Phi) is 5.52. The van der Waals surface area contributed by atoms with Crippen LogP contribution in [-0.4, -0.2) is 23.3 Å². The van der Waals surface area contributed by atoms with Crippen LogP contribution in [0.1, 0.15) is 27.2 Å². The number of phenols is 1. The molecule has 0 aliphatic rings. The molecule has 0 saturated carbocycles. The van der Waals surface area contributed by atoms with Gasteiger partial charge in [-0.25, -0.2) is 4.79 Å². The second-order valence-corrected chi connectivity index (χ2v) is 6.02. The summed E-state index contributed by atoms with van der Waals surface area (Å²) in [5.74, 6) is -0.414. The van der Waals surface area contributed by atoms with E-state index in [1.54, 1.807) is 36.4 Å². The van der Waals surface area contributed by atoms with E-state index < -0.39 is 5.97 Å². The van der Waals surface area contributed by atoms with E-state index in [-0.39, 0.29) is 11.3 Å². The monoisotopic (exact) mass is 362 g/mol. The van der Waals surface area contributed by atoms with Crippen LogP contribution in [0.4, 0.5) is 0 Å². The Bertz CT molecular complexity index is 995. The molecule has 0 radical (unpaired) electrons. The van der Waals surface area contributed by atoms with Gasteiger partial charge in [-0.05, 0) is 42.0 Å². The highest BCUT2D eigenvalue weighted by Gasteiger charge is 2.10. The molecule has 1 heterocycles. The number of nitrogens with zero attached hydrogens (tertiary/aromatic N) is 1. The van der Waals surface area contributed by atoms with Crippen LogP contribution in [0.15, 0.2) is 66.9 Å². The Morgan fingerprint density at radius 2 is 1.93 bits per heavy atom. The van der Waals surface area contributed by atoms with Crippen LogP contribution < -0.4 is 9.30 Å². The number of ether oxygens (including phenoxy) is 1. The number of carboxylic acids is 1. The third-order valence-corrected chi connectivity index (χ3v) is 4.15. The first-order valence-electron chi connectivity index (χ1n) is 8.42. The van der Waals surface area contributed by atoms with Gasteiger partial charge >= 0.3 is 5.97 Å². The normalized spacial score (nSPS) is 10.9. The van der Waals surface area contributed by atoms with Crippen LogP contribution in [-0.2, 0) is 6.54 Å². The maximum atomic E-state index is 11.2. The van der Waals surface area contributed by atoms with Gasteiger partial charge in [-0.15, -0.1) is 0 Å². The Balaban J connectivity index is 1.86. The highest BCUT2D eigenvalue weighted by molar-refractivity contribution is 5.87. The lowest BCUT2D eigenvalue weighted by molar-refractivity contribution is -0.690. The molecule has 1 aromatic heterocycles. The Morgan fingerprint density at radius 3 is 2.70 bits per heavy atom. The predicted molar refractivity (Wildman–Crippen MR) is 103 cm³/mol. The maximum Gasteiger partial charge on any atom is 0.335 e. The van der Waals surface area contributed by atoms with Crippen LogP contribution >= 0.6 is 0 Å². The summed E-state index contributed by atoms with van der Waals surface area (Å²) in [4.78, 5) is 11.2. The number of phenolic OH excluding ortho intramolecular Hbond substituents is 1. The van der Waals surface area contributed by atoms with Gasteiger partial charge in [0.1, 0.15) is 0 Å². The van der Waals surface area contributed by atoms with Gasteiger partial charge in [0.15, 0.2) is 24.2 Å². The van der Waals surface area contributed by atoms with Gasteiger partial charge in [0.25, 0.3) is 0 Å². The predicted octanol–water partition coefficient (Wildman–Crippen LogP) is 3.61. The summed E-state index contributed by atoms with van der Waals surface area (Å²) in [6, 6.07) is 17.9. The van der Waals surface area contributed by atoms with Crippen molar-refractivity contribution in [3.63, 3.8) is 0 Å². The van der Waals surface area contributed by atoms with Crippen LogP contribution in [0.2, 0.25) is 0 Å². The number of hydrogen-bond acceptors (Lipinski definition) is 3. The molecular weight excluding hydrogens is 342 g/mol. The van der Waals surface area contributed by atoms with Crippen molar-refractivity contribution in [3.8, 4) is 11.5 Å². The molecule has 2 aromatic carbocycles. The topological polar surface area (TPSA) is 70.6 Å². The largest absolute Gasteiger partial charge is 0.504 e. The first kappa shape index (κ1) is 18.2. The van der Waals surface area contributed by atoms with Crippen LogP contribution in [0.3, 0.4) is 0 Å². The molecule has 0 unspecified atom stereocenters. The van der Waals surface area contributed by atoms with Crippen LogP contribution in [0, 0.1) is 0 Å². The molecule has 3 rings (SSSR count). The number of aromatic carboxylic acids is 1. The zero-order chi connectivity index (χ0) is 19.2. The number of rotatable bonds is 6. The van der Waals surface area contributed by atoms with Gasteiger partial charge < -0.3 is 14.9 Å². The van der Waals surface area contributed by atoms with Crippen molar-refractivity contribution in [2.45, 2.75) is 6.54 Å². The smallest absolute Gasteiger partial charge is 0.335 e. The number of pyridine rings is 1. The number of aromatic hydroxyl groups is 1. The van der Waals surface area contributed by atoms with Gasteiger partial charge in [-0.1, -0.05) is 18.2 Å². The molecule has 0 atom stereocenters. The van der Waals surface area contributed by atoms with Crippen molar-refractivity contribution < 1.29 is 24.3 Å². The number of carbonyl (C=O) groups is 1. The molecule has 5 heteroatoms. The number of aromatic nitrogens is 1. The van der Waals surface area contributed by atoms with Crippen molar-refractivity contribution in [2.24, 2.45) is 0 Å². The molecule has 0 bridgehead atoms. The summed E-state index contributed by atoms with van der Waals surface area (Å²) in [6.07, 6.45) is 5.85. The summed E-state index contributed by atoms with van der Waals surface area (Å²) in [5.41, 5.74) is 3.04. The molecular formula is C22H20NO4+. The summed E-state index contributed by atoms with van der Waals surface area (Å²) in [6.45, 7) is 0.556. The summed E-state index contributed by atoms with van der Waals surface area (Å²) < 4.78 is 7.17. The summed E-state index contributed by atoms with van der Waals surface area (Å²) >= 11 is 0. The fraction of sp³-hybridized carbons (Fsp3) is 0.0909. The molecule has 0 saturated heterocycles. The molecule has 2 N–H and O–H groups in total. The number of hydrogen-bond donors (Lipinski definition) is 2. The molecule has 0 fully saturated rings. The van der Waals surface area contributed by atoms with Crippen LogP contribution in [0.25, 0.3) is 12.2 Å². The average molecular weight is 362 g/mol. The lowest BCUT2D eigenvalue weighted by atomic mass is 10.1. The lowest BCUT2D eigenvalue weighted by Crippen LogP contribution is -2.37. The molecule has 27 heavy (non-hydrogen) atoms. The Morgan fingerprint density at radius 1 is 1.07 bits per heavy atom. The molecule has 136 valence electrons. The van der Waals surface area contributed by atoms with E-state index in [0.29, 0.717) is 12.3 Å². The maximum absolute atomic E-state index is 11.2. The second kappa shape index (κ2) is 8.19. The van der Waals surface area contributed by atoms with E-state index in [4.69, 9.17) is 9.84 Å². The van der Waals surface area contributed by atoms with E-state index in [1.807, 2.05) is 47.2 Å². The zero-order valence-electron chi connectivity index (χ0n) is 14.9.